The lowest BCUT2D eigenvalue weighted by Crippen LogP contribution is -2.73. The standard InChI is InChI=1S/C19H27N3O3/c1-14-6-4-5-7-15(14)8-9-17(23)22-12-19(13-22)11-21(3)16(10-25-19)18(24)20-2/h4-7,16H,8-13H2,1-3H3,(H,20,24). The number of carbonyl (C=O) groups is 2. The van der Waals surface area contributed by atoms with Crippen molar-refractivity contribution >= 4 is 11.8 Å². The zero-order chi connectivity index (χ0) is 18.0. The average molecular weight is 345 g/mol. The maximum absolute atomic E-state index is 12.4. The summed E-state index contributed by atoms with van der Waals surface area (Å²) in [5.74, 6) is 0.149. The van der Waals surface area contributed by atoms with Crippen LogP contribution in [0.15, 0.2) is 24.3 Å². The number of amides is 2. The summed E-state index contributed by atoms with van der Waals surface area (Å²) < 4.78 is 5.97. The fourth-order valence-electron chi connectivity index (χ4n) is 3.74. The van der Waals surface area contributed by atoms with Gasteiger partial charge in [0.1, 0.15) is 11.6 Å². The van der Waals surface area contributed by atoms with Crippen LogP contribution in [-0.4, -0.2) is 73.6 Å². The van der Waals surface area contributed by atoms with E-state index in [1.165, 1.54) is 11.1 Å². The van der Waals surface area contributed by atoms with Gasteiger partial charge in [0.25, 0.3) is 0 Å². The van der Waals surface area contributed by atoms with Gasteiger partial charge in [-0.15, -0.1) is 0 Å². The maximum Gasteiger partial charge on any atom is 0.239 e. The van der Waals surface area contributed by atoms with Gasteiger partial charge in [-0.2, -0.15) is 0 Å². The molecule has 136 valence electrons. The molecule has 2 amide bonds. The van der Waals surface area contributed by atoms with Gasteiger partial charge in [0.15, 0.2) is 0 Å². The molecular weight excluding hydrogens is 318 g/mol. The molecule has 2 heterocycles. The molecule has 6 nitrogen and oxygen atoms in total. The molecule has 1 unspecified atom stereocenters. The maximum atomic E-state index is 12.4. The van der Waals surface area contributed by atoms with Crippen molar-refractivity contribution in [2.75, 3.05) is 40.3 Å². The van der Waals surface area contributed by atoms with Gasteiger partial charge >= 0.3 is 0 Å². The first-order chi connectivity index (χ1) is 11.9. The predicted octanol–water partition coefficient (Wildman–Crippen LogP) is 0.585. The van der Waals surface area contributed by atoms with E-state index in [9.17, 15) is 9.59 Å². The van der Waals surface area contributed by atoms with Gasteiger partial charge < -0.3 is 15.0 Å². The van der Waals surface area contributed by atoms with Crippen LogP contribution >= 0.6 is 0 Å². The highest BCUT2D eigenvalue weighted by molar-refractivity contribution is 5.82. The number of morpholine rings is 1. The molecule has 0 radical (unpaired) electrons. The van der Waals surface area contributed by atoms with E-state index in [0.29, 0.717) is 32.7 Å². The molecule has 1 spiro atoms. The topological polar surface area (TPSA) is 61.9 Å². The van der Waals surface area contributed by atoms with Crippen molar-refractivity contribution in [2.45, 2.75) is 31.4 Å². The SMILES string of the molecule is CNC(=O)C1COC2(CN(C(=O)CCc3ccccc3C)C2)CN1C. The molecule has 1 N–H and O–H groups in total. The smallest absolute Gasteiger partial charge is 0.239 e. The second kappa shape index (κ2) is 7.14. The van der Waals surface area contributed by atoms with Crippen molar-refractivity contribution in [3.05, 3.63) is 35.4 Å². The number of aryl methyl sites for hydroxylation is 2. The number of hydrogen-bond acceptors (Lipinski definition) is 4. The molecule has 25 heavy (non-hydrogen) atoms. The minimum atomic E-state index is -0.308. The summed E-state index contributed by atoms with van der Waals surface area (Å²) in [5.41, 5.74) is 2.15. The molecule has 6 heteroatoms. The molecule has 2 saturated heterocycles. The van der Waals surface area contributed by atoms with Crippen LogP contribution in [0.25, 0.3) is 0 Å². The van der Waals surface area contributed by atoms with Crippen LogP contribution in [-0.2, 0) is 20.7 Å². The number of benzene rings is 1. The van der Waals surface area contributed by atoms with E-state index in [4.69, 9.17) is 4.74 Å². The number of likely N-dealkylation sites (tertiary alicyclic amines) is 1. The summed E-state index contributed by atoms with van der Waals surface area (Å²) in [6.07, 6.45) is 1.30. The number of ether oxygens (including phenoxy) is 1. The fourth-order valence-corrected chi connectivity index (χ4v) is 3.74. The Morgan fingerprint density at radius 2 is 2.00 bits per heavy atom. The number of nitrogens with zero attached hydrogens (tertiary/aromatic N) is 2. The van der Waals surface area contributed by atoms with E-state index >= 15 is 0 Å². The van der Waals surface area contributed by atoms with Gasteiger partial charge in [0, 0.05) is 20.0 Å². The predicted molar refractivity (Wildman–Crippen MR) is 95.2 cm³/mol. The average Bonchev–Trinajstić information content (AvgIpc) is 2.58. The molecule has 0 saturated carbocycles. The van der Waals surface area contributed by atoms with Gasteiger partial charge in [-0.05, 0) is 31.5 Å². The lowest BCUT2D eigenvalue weighted by molar-refractivity contribution is -0.201. The third kappa shape index (κ3) is 3.70. The molecule has 2 aliphatic rings. The highest BCUT2D eigenvalue weighted by Gasteiger charge is 2.50. The van der Waals surface area contributed by atoms with E-state index in [0.717, 1.165) is 6.42 Å². The van der Waals surface area contributed by atoms with Crippen LogP contribution in [0.5, 0.6) is 0 Å². The monoisotopic (exact) mass is 345 g/mol. The Bertz CT molecular complexity index is 655. The summed E-state index contributed by atoms with van der Waals surface area (Å²) in [6.45, 7) is 4.36. The number of carbonyl (C=O) groups excluding carboxylic acids is 2. The Balaban J connectivity index is 1.48. The molecule has 1 atom stereocenters. The molecule has 1 aromatic carbocycles. The second-order valence-corrected chi connectivity index (χ2v) is 7.22. The van der Waals surface area contributed by atoms with Crippen LogP contribution < -0.4 is 5.32 Å². The lowest BCUT2D eigenvalue weighted by atomic mass is 9.90. The third-order valence-electron chi connectivity index (χ3n) is 5.35. The van der Waals surface area contributed by atoms with Crippen molar-refractivity contribution in [3.8, 4) is 0 Å². The largest absolute Gasteiger partial charge is 0.368 e. The number of nitrogens with one attached hydrogen (secondary N) is 1. The van der Waals surface area contributed by atoms with Crippen LogP contribution in [0.2, 0.25) is 0 Å². The van der Waals surface area contributed by atoms with E-state index in [2.05, 4.69) is 24.4 Å². The summed E-state index contributed by atoms with van der Waals surface area (Å²) in [7, 11) is 3.57. The molecule has 0 aliphatic carbocycles. The quantitative estimate of drug-likeness (QED) is 0.867. The van der Waals surface area contributed by atoms with Gasteiger partial charge in [-0.1, -0.05) is 24.3 Å². The van der Waals surface area contributed by atoms with Crippen LogP contribution in [0.3, 0.4) is 0 Å². The van der Waals surface area contributed by atoms with Crippen molar-refractivity contribution in [1.29, 1.82) is 0 Å². The van der Waals surface area contributed by atoms with Crippen LogP contribution in [0.1, 0.15) is 17.5 Å². The molecule has 0 bridgehead atoms. The highest BCUT2D eigenvalue weighted by atomic mass is 16.5. The molecule has 3 rings (SSSR count). The molecular formula is C19H27N3O3. The van der Waals surface area contributed by atoms with Crippen molar-refractivity contribution in [3.63, 3.8) is 0 Å². The zero-order valence-electron chi connectivity index (χ0n) is 15.2. The van der Waals surface area contributed by atoms with Crippen LogP contribution in [0.4, 0.5) is 0 Å². The molecule has 2 fully saturated rings. The summed E-state index contributed by atoms with van der Waals surface area (Å²) in [5, 5.41) is 2.67. The Morgan fingerprint density at radius 3 is 2.64 bits per heavy atom. The summed E-state index contributed by atoms with van der Waals surface area (Å²) >= 11 is 0. The van der Waals surface area contributed by atoms with Crippen molar-refractivity contribution in [2.24, 2.45) is 0 Å². The summed E-state index contributed by atoms with van der Waals surface area (Å²) in [4.78, 5) is 28.1. The normalized spacial score (nSPS) is 22.5. The van der Waals surface area contributed by atoms with Gasteiger partial charge in [-0.3, -0.25) is 14.5 Å². The molecule has 2 aliphatic heterocycles. The Hall–Kier alpha value is -1.92. The Labute approximate surface area is 149 Å². The van der Waals surface area contributed by atoms with Gasteiger partial charge in [-0.25, -0.2) is 0 Å². The first-order valence-corrected chi connectivity index (χ1v) is 8.82. The zero-order valence-corrected chi connectivity index (χ0v) is 15.2. The van der Waals surface area contributed by atoms with Gasteiger partial charge in [0.05, 0.1) is 19.7 Å². The Kier molecular flexibility index (Phi) is 5.11. The summed E-state index contributed by atoms with van der Waals surface area (Å²) in [6, 6.07) is 7.94. The van der Waals surface area contributed by atoms with Crippen molar-refractivity contribution in [1.82, 2.24) is 15.1 Å². The fraction of sp³-hybridized carbons (Fsp3) is 0.579. The van der Waals surface area contributed by atoms with Crippen molar-refractivity contribution < 1.29 is 14.3 Å². The molecule has 1 aromatic rings. The van der Waals surface area contributed by atoms with Gasteiger partial charge in [0.2, 0.25) is 11.8 Å². The highest BCUT2D eigenvalue weighted by Crippen LogP contribution is 2.31. The number of likely N-dealkylation sites (N-methyl/N-ethyl adjacent to an activating group) is 2. The van der Waals surface area contributed by atoms with Crippen LogP contribution in [0, 0.1) is 6.92 Å². The number of rotatable bonds is 4. The lowest BCUT2D eigenvalue weighted by Gasteiger charge is -2.54. The number of hydrogen-bond donors (Lipinski definition) is 1. The first kappa shape index (κ1) is 17.9. The minimum absolute atomic E-state index is 0.0252. The van der Waals surface area contributed by atoms with E-state index < -0.39 is 0 Å². The molecule has 0 aromatic heterocycles. The van der Waals surface area contributed by atoms with E-state index in [1.54, 1.807) is 7.05 Å². The first-order valence-electron chi connectivity index (χ1n) is 8.82. The van der Waals surface area contributed by atoms with E-state index in [1.807, 2.05) is 29.0 Å². The minimum Gasteiger partial charge on any atom is -0.368 e. The van der Waals surface area contributed by atoms with E-state index in [-0.39, 0.29) is 23.5 Å². The Morgan fingerprint density at radius 1 is 1.28 bits per heavy atom. The third-order valence-corrected chi connectivity index (χ3v) is 5.35. The second-order valence-electron chi connectivity index (χ2n) is 7.22.